The van der Waals surface area contributed by atoms with Gasteiger partial charge in [0.25, 0.3) is 11.8 Å². The lowest BCUT2D eigenvalue weighted by Crippen LogP contribution is -2.52. The van der Waals surface area contributed by atoms with Gasteiger partial charge in [-0.05, 0) is 49.7 Å². The molecule has 2 saturated heterocycles. The third-order valence-corrected chi connectivity index (χ3v) is 9.06. The Hall–Kier alpha value is -5.56. The van der Waals surface area contributed by atoms with E-state index >= 15 is 0 Å². The molecule has 3 aromatic heterocycles. The van der Waals surface area contributed by atoms with Crippen LogP contribution in [0.4, 0.5) is 24.5 Å². The predicted molar refractivity (Wildman–Crippen MR) is 176 cm³/mol. The van der Waals surface area contributed by atoms with Crippen molar-refractivity contribution >= 4 is 40.7 Å². The number of alkyl halides is 3. The van der Waals surface area contributed by atoms with E-state index in [9.17, 15) is 37.7 Å². The van der Waals surface area contributed by atoms with Crippen LogP contribution in [-0.4, -0.2) is 96.9 Å². The minimum Gasteiger partial charge on any atom is -0.393 e. The van der Waals surface area contributed by atoms with Gasteiger partial charge >= 0.3 is 11.9 Å². The summed E-state index contributed by atoms with van der Waals surface area (Å²) in [5, 5.41) is 22.8. The van der Waals surface area contributed by atoms with Gasteiger partial charge in [0.15, 0.2) is 5.82 Å². The molecule has 0 bridgehead atoms. The fourth-order valence-electron chi connectivity index (χ4n) is 6.04. The molecule has 0 aliphatic carbocycles. The first-order valence-electron chi connectivity index (χ1n) is 15.8. The fourth-order valence-corrected chi connectivity index (χ4v) is 6.32. The zero-order valence-corrected chi connectivity index (χ0v) is 27.5. The van der Waals surface area contributed by atoms with Crippen molar-refractivity contribution < 1.29 is 32.5 Å². The molecule has 2 fully saturated rings. The Morgan fingerprint density at radius 2 is 1.76 bits per heavy atom. The number of benzene rings is 1. The van der Waals surface area contributed by atoms with Crippen LogP contribution in [-0.2, 0) is 17.5 Å². The number of halogens is 4. The van der Waals surface area contributed by atoms with Gasteiger partial charge in [-0.1, -0.05) is 17.7 Å². The van der Waals surface area contributed by atoms with Crippen LogP contribution in [0.2, 0.25) is 5.02 Å². The number of nitrogens with two attached hydrogens (primary N) is 1. The SMILES string of the molecule is Nc1cc(-c2n[nH]c(C(F)(F)F)c2-c2cnc(C(=O)NCc3ccc(C(=O)N4CCN(C(=O)C5CCNCC5)CC4)c(Cl)c3)[nH]2)ncc1[N+](=O)[O-]. The Bertz CT molecular complexity index is 1990. The Kier molecular flexibility index (Phi) is 9.93. The second-order valence-electron chi connectivity index (χ2n) is 12.0. The summed E-state index contributed by atoms with van der Waals surface area (Å²) in [6.07, 6.45) is -1.49. The van der Waals surface area contributed by atoms with E-state index in [4.69, 9.17) is 17.3 Å². The predicted octanol–water partition coefficient (Wildman–Crippen LogP) is 3.24. The van der Waals surface area contributed by atoms with Crippen molar-refractivity contribution in [3.8, 4) is 22.6 Å². The Balaban J connectivity index is 1.10. The monoisotopic (exact) mass is 729 g/mol. The number of nitrogens with one attached hydrogen (secondary N) is 4. The van der Waals surface area contributed by atoms with Gasteiger partial charge < -0.3 is 31.2 Å². The second-order valence-corrected chi connectivity index (χ2v) is 12.4. The number of aromatic nitrogens is 5. The van der Waals surface area contributed by atoms with Gasteiger partial charge in [-0.2, -0.15) is 18.3 Å². The van der Waals surface area contributed by atoms with Gasteiger partial charge in [0, 0.05) is 38.6 Å². The third-order valence-electron chi connectivity index (χ3n) is 8.75. The van der Waals surface area contributed by atoms with Crippen molar-refractivity contribution in [2.75, 3.05) is 45.0 Å². The molecule has 16 nitrogen and oxygen atoms in total. The van der Waals surface area contributed by atoms with E-state index in [0.717, 1.165) is 44.4 Å². The molecule has 0 unspecified atom stereocenters. The number of imidazole rings is 1. The summed E-state index contributed by atoms with van der Waals surface area (Å²) < 4.78 is 41.8. The quantitative estimate of drug-likeness (QED) is 0.132. The normalized spacial score (nSPS) is 15.5. The number of piperazine rings is 1. The van der Waals surface area contributed by atoms with Gasteiger partial charge in [-0.15, -0.1) is 0 Å². The first kappa shape index (κ1) is 35.3. The van der Waals surface area contributed by atoms with Crippen molar-refractivity contribution in [1.82, 2.24) is 45.6 Å². The number of nitrogens with zero attached hydrogens (tertiary/aromatic N) is 6. The number of carbonyl (C=O) groups excluding carboxylic acids is 3. The molecule has 6 rings (SSSR count). The van der Waals surface area contributed by atoms with E-state index in [1.54, 1.807) is 17.0 Å². The number of H-pyrrole nitrogens is 2. The minimum absolute atomic E-state index is 0.00435. The average Bonchev–Trinajstić information content (AvgIpc) is 3.79. The first-order chi connectivity index (χ1) is 24.3. The van der Waals surface area contributed by atoms with Gasteiger partial charge in [-0.3, -0.25) is 29.6 Å². The molecule has 3 amide bonds. The molecule has 5 heterocycles. The maximum absolute atomic E-state index is 13.9. The average molecular weight is 730 g/mol. The van der Waals surface area contributed by atoms with Crippen LogP contribution >= 0.6 is 11.6 Å². The molecular weight excluding hydrogens is 699 g/mol. The number of piperidine rings is 1. The van der Waals surface area contributed by atoms with Crippen molar-refractivity contribution in [2.24, 2.45) is 5.92 Å². The van der Waals surface area contributed by atoms with E-state index in [0.29, 0.717) is 31.7 Å². The Morgan fingerprint density at radius 3 is 2.41 bits per heavy atom. The maximum atomic E-state index is 13.9. The van der Waals surface area contributed by atoms with Crippen LogP contribution in [0.5, 0.6) is 0 Å². The summed E-state index contributed by atoms with van der Waals surface area (Å²) >= 11 is 6.47. The first-order valence-corrected chi connectivity index (χ1v) is 16.2. The van der Waals surface area contributed by atoms with Crippen LogP contribution in [0.25, 0.3) is 22.6 Å². The summed E-state index contributed by atoms with van der Waals surface area (Å²) in [5.41, 5.74) is 3.07. The number of pyridine rings is 1. The number of rotatable bonds is 8. The molecule has 0 spiro atoms. The van der Waals surface area contributed by atoms with E-state index in [1.165, 1.54) is 6.07 Å². The lowest BCUT2D eigenvalue weighted by Gasteiger charge is -2.37. The highest BCUT2D eigenvalue weighted by Crippen LogP contribution is 2.41. The number of nitro groups is 1. The maximum Gasteiger partial charge on any atom is 0.433 e. The van der Waals surface area contributed by atoms with E-state index in [2.05, 4.69) is 30.7 Å². The summed E-state index contributed by atoms with van der Waals surface area (Å²) in [6.45, 7) is 3.20. The number of nitrogen functional groups attached to an aromatic ring is 1. The summed E-state index contributed by atoms with van der Waals surface area (Å²) in [5.74, 6) is -1.23. The van der Waals surface area contributed by atoms with Crippen LogP contribution < -0.4 is 16.4 Å². The highest BCUT2D eigenvalue weighted by Gasteiger charge is 2.39. The molecule has 0 radical (unpaired) electrons. The summed E-state index contributed by atoms with van der Waals surface area (Å²) in [6, 6.07) is 5.70. The number of anilines is 1. The highest BCUT2D eigenvalue weighted by atomic mass is 35.5. The molecule has 0 atom stereocenters. The summed E-state index contributed by atoms with van der Waals surface area (Å²) in [7, 11) is 0. The van der Waals surface area contributed by atoms with Crippen LogP contribution in [0, 0.1) is 16.0 Å². The molecule has 2 aliphatic heterocycles. The van der Waals surface area contributed by atoms with Gasteiger partial charge in [0.05, 0.1) is 38.7 Å². The zero-order chi connectivity index (χ0) is 36.4. The standard InChI is InChI=1S/C31H31ClF3N11O5/c32-19-11-16(1-2-18(19)30(49)45-9-7-44(8-10-45)29(48)17-3-5-37-6-4-17)13-40-28(47)27-39-14-22(41-27)24-25(42-43-26(24)31(33,34)35)21-12-20(36)23(15-38-21)46(50)51/h1-2,11-12,14-15,17,37H,3-10,13H2,(H2,36,38)(H,39,41)(H,40,47)(H,42,43). The molecule has 4 aromatic rings. The number of hydrogen-bond donors (Lipinski definition) is 5. The molecule has 51 heavy (non-hydrogen) atoms. The van der Waals surface area contributed by atoms with Crippen molar-refractivity contribution in [2.45, 2.75) is 25.6 Å². The summed E-state index contributed by atoms with van der Waals surface area (Å²) in [4.78, 5) is 63.2. The molecule has 2 aliphatic rings. The Labute approximate surface area is 292 Å². The number of amides is 3. The number of hydrogen-bond acceptors (Lipinski definition) is 10. The van der Waals surface area contributed by atoms with E-state index in [-0.39, 0.29) is 63.5 Å². The highest BCUT2D eigenvalue weighted by molar-refractivity contribution is 6.33. The van der Waals surface area contributed by atoms with Crippen molar-refractivity contribution in [3.63, 3.8) is 0 Å². The minimum atomic E-state index is -4.91. The van der Waals surface area contributed by atoms with Crippen molar-refractivity contribution in [3.05, 3.63) is 74.4 Å². The fraction of sp³-hybridized carbons (Fsp3) is 0.355. The molecular formula is C31H31ClF3N11O5. The molecule has 0 saturated carbocycles. The van der Waals surface area contributed by atoms with Gasteiger partial charge in [0.2, 0.25) is 5.91 Å². The molecule has 6 N–H and O–H groups in total. The lowest BCUT2D eigenvalue weighted by atomic mass is 9.96. The lowest BCUT2D eigenvalue weighted by molar-refractivity contribution is -0.384. The number of carbonyl (C=O) groups is 3. The molecule has 20 heteroatoms. The third kappa shape index (κ3) is 7.48. The largest absolute Gasteiger partial charge is 0.433 e. The van der Waals surface area contributed by atoms with Crippen LogP contribution in [0.1, 0.15) is 45.1 Å². The van der Waals surface area contributed by atoms with Crippen LogP contribution in [0.15, 0.2) is 36.7 Å². The molecule has 1 aromatic carbocycles. The second kappa shape index (κ2) is 14.4. The topological polar surface area (TPSA) is 221 Å². The van der Waals surface area contributed by atoms with Crippen LogP contribution in [0.3, 0.4) is 0 Å². The van der Waals surface area contributed by atoms with E-state index < -0.39 is 34.0 Å². The zero-order valence-electron chi connectivity index (χ0n) is 26.7. The van der Waals surface area contributed by atoms with Crippen molar-refractivity contribution in [1.29, 1.82) is 0 Å². The van der Waals surface area contributed by atoms with Gasteiger partial charge in [-0.25, -0.2) is 9.97 Å². The smallest absolute Gasteiger partial charge is 0.393 e. The van der Waals surface area contributed by atoms with Gasteiger partial charge in [0.1, 0.15) is 23.3 Å². The molecule has 268 valence electrons. The Morgan fingerprint density at radius 1 is 1.06 bits per heavy atom. The van der Waals surface area contributed by atoms with E-state index in [1.807, 2.05) is 10.00 Å². The number of aromatic amines is 2.